The van der Waals surface area contributed by atoms with Crippen LogP contribution in [0.3, 0.4) is 0 Å². The molecule has 1 aliphatic heterocycles. The highest BCUT2D eigenvalue weighted by Gasteiger charge is 2.58. The van der Waals surface area contributed by atoms with E-state index >= 15 is 0 Å². The van der Waals surface area contributed by atoms with Gasteiger partial charge in [-0.2, -0.15) is 31.2 Å². The van der Waals surface area contributed by atoms with Gasteiger partial charge in [-0.15, -0.1) is 10.2 Å². The Morgan fingerprint density at radius 1 is 0.936 bits per heavy atom. The van der Waals surface area contributed by atoms with Crippen LogP contribution in [0.25, 0.3) is 11.6 Å². The number of aliphatic hydroxyl groups is 1. The molecule has 262 valence electrons. The number of hydrogen-bond donors (Lipinski definition) is 1. The van der Waals surface area contributed by atoms with Crippen LogP contribution in [0.4, 0.5) is 41.6 Å². The molecule has 17 heteroatoms. The zero-order valence-electron chi connectivity index (χ0n) is 26.8. The van der Waals surface area contributed by atoms with Crippen molar-refractivity contribution in [3.63, 3.8) is 0 Å². The lowest BCUT2D eigenvalue weighted by atomic mass is 9.94. The maximum atomic E-state index is 14.7. The first kappa shape index (κ1) is 36.2. The first-order chi connectivity index (χ1) is 21.5. The Hall–Kier alpha value is -3.63. The second-order valence-electron chi connectivity index (χ2n) is 13.8. The minimum Gasteiger partial charge on any atom is -0.474 e. The molecule has 2 aromatic rings. The Morgan fingerprint density at radius 2 is 1.53 bits per heavy atom. The van der Waals surface area contributed by atoms with Crippen molar-refractivity contribution in [2.24, 2.45) is 5.92 Å². The number of anilines is 1. The number of rotatable bonds is 3. The molecule has 1 fully saturated rings. The van der Waals surface area contributed by atoms with Crippen LogP contribution in [-0.4, -0.2) is 56.0 Å². The van der Waals surface area contributed by atoms with Gasteiger partial charge in [0.2, 0.25) is 11.5 Å². The van der Waals surface area contributed by atoms with E-state index in [9.17, 15) is 41.0 Å². The van der Waals surface area contributed by atoms with Gasteiger partial charge in [0.1, 0.15) is 22.9 Å². The number of alkyl halides is 6. The monoisotopic (exact) mass is 680 g/mol. The molecule has 1 unspecified atom stereocenters. The van der Waals surface area contributed by atoms with Gasteiger partial charge in [0.05, 0.1) is 5.69 Å². The highest BCUT2D eigenvalue weighted by atomic mass is 19.4. The largest absolute Gasteiger partial charge is 0.474 e. The number of halogens is 6. The third kappa shape index (κ3) is 8.84. The molecule has 2 atom stereocenters. The lowest BCUT2D eigenvalue weighted by molar-refractivity contribution is -0.277. The Bertz CT molecular complexity index is 1430. The summed E-state index contributed by atoms with van der Waals surface area (Å²) >= 11 is 0. The number of aromatic nitrogens is 3. The lowest BCUT2D eigenvalue weighted by Crippen LogP contribution is -2.44. The fourth-order valence-corrected chi connectivity index (χ4v) is 4.89. The van der Waals surface area contributed by atoms with E-state index in [1.165, 1.54) is 41.5 Å². The van der Waals surface area contributed by atoms with Gasteiger partial charge in [-0.3, -0.25) is 0 Å². The molecule has 1 aliphatic carbocycles. The van der Waals surface area contributed by atoms with E-state index in [0.717, 1.165) is 12.8 Å². The summed E-state index contributed by atoms with van der Waals surface area (Å²) < 4.78 is 108. The molecule has 0 spiro atoms. The Morgan fingerprint density at radius 3 is 2.04 bits per heavy atom. The van der Waals surface area contributed by atoms with Crippen LogP contribution in [0.5, 0.6) is 5.88 Å². The number of hydrogen-bond acceptors (Lipinski definition) is 10. The molecule has 47 heavy (non-hydrogen) atoms. The molecular weight excluding hydrogens is 642 g/mol. The molecule has 11 nitrogen and oxygen atoms in total. The summed E-state index contributed by atoms with van der Waals surface area (Å²) in [6.45, 7) is 8.59. The van der Waals surface area contributed by atoms with E-state index < -0.39 is 88.5 Å². The van der Waals surface area contributed by atoms with Gasteiger partial charge in [-0.05, 0) is 85.6 Å². The summed E-state index contributed by atoms with van der Waals surface area (Å²) in [6.07, 6.45) is -12.5. The number of amides is 2. The fourth-order valence-electron chi connectivity index (χ4n) is 4.89. The molecular formula is C30H38F6N4O7. The van der Waals surface area contributed by atoms with E-state index in [-0.39, 0.29) is 36.5 Å². The fraction of sp³-hybridized carbons (Fsp3) is 0.700. The molecule has 2 aromatic heterocycles. The highest BCUT2D eigenvalue weighted by Crippen LogP contribution is 2.46. The second kappa shape index (κ2) is 12.8. The zero-order valence-corrected chi connectivity index (χ0v) is 26.8. The van der Waals surface area contributed by atoms with Gasteiger partial charge in [-0.1, -0.05) is 19.3 Å². The minimum atomic E-state index is -5.29. The van der Waals surface area contributed by atoms with Gasteiger partial charge >= 0.3 is 24.5 Å². The van der Waals surface area contributed by atoms with Crippen molar-refractivity contribution in [2.45, 2.75) is 128 Å². The molecule has 2 aliphatic rings. The van der Waals surface area contributed by atoms with Gasteiger partial charge < -0.3 is 23.7 Å². The third-order valence-electron chi connectivity index (χ3n) is 7.25. The topological polar surface area (TPSA) is 137 Å². The first-order valence-electron chi connectivity index (χ1n) is 15.2. The van der Waals surface area contributed by atoms with Crippen molar-refractivity contribution in [3.05, 3.63) is 17.5 Å². The molecule has 1 saturated carbocycles. The van der Waals surface area contributed by atoms with E-state index in [1.807, 2.05) is 0 Å². The molecule has 4 rings (SSSR count). The molecule has 0 radical (unpaired) electrons. The van der Waals surface area contributed by atoms with Crippen molar-refractivity contribution in [1.82, 2.24) is 15.2 Å². The smallest absolute Gasteiger partial charge is 0.426 e. The van der Waals surface area contributed by atoms with Crippen LogP contribution in [0.15, 0.2) is 10.5 Å². The number of carbonyl (C=O) groups is 2. The van der Waals surface area contributed by atoms with Crippen molar-refractivity contribution in [1.29, 1.82) is 0 Å². The predicted molar refractivity (Wildman–Crippen MR) is 152 cm³/mol. The molecule has 0 saturated heterocycles. The molecule has 3 heterocycles. The van der Waals surface area contributed by atoms with Crippen molar-refractivity contribution in [3.8, 4) is 17.5 Å². The number of imide groups is 1. The van der Waals surface area contributed by atoms with Crippen LogP contribution < -0.4 is 9.64 Å². The molecule has 1 N–H and O–H groups in total. The van der Waals surface area contributed by atoms with Crippen LogP contribution >= 0.6 is 0 Å². The zero-order chi connectivity index (χ0) is 35.2. The second-order valence-corrected chi connectivity index (χ2v) is 13.8. The Labute approximate surface area is 267 Å². The summed E-state index contributed by atoms with van der Waals surface area (Å²) in [5.74, 6) is -3.03. The summed E-state index contributed by atoms with van der Waals surface area (Å²) in [5, 5.41) is 17.8. The van der Waals surface area contributed by atoms with E-state index in [0.29, 0.717) is 12.5 Å². The van der Waals surface area contributed by atoms with Crippen LogP contribution in [0, 0.1) is 5.92 Å². The van der Waals surface area contributed by atoms with Crippen LogP contribution in [0.1, 0.15) is 104 Å². The number of carbonyl (C=O) groups excluding carboxylic acids is 2. The lowest BCUT2D eigenvalue weighted by Gasteiger charge is -2.30. The predicted octanol–water partition coefficient (Wildman–Crippen LogP) is 8.09. The molecule has 2 amide bonds. The maximum Gasteiger partial charge on any atom is 0.426 e. The molecule has 0 aromatic carbocycles. The Balaban J connectivity index is 2.02. The Kier molecular flexibility index (Phi) is 9.83. The summed E-state index contributed by atoms with van der Waals surface area (Å²) in [4.78, 5) is 31.0. The third-order valence-corrected chi connectivity index (χ3v) is 7.25. The number of ether oxygens (including phenoxy) is 3. The van der Waals surface area contributed by atoms with E-state index in [2.05, 4.69) is 15.2 Å². The minimum absolute atomic E-state index is 0.114. The quantitative estimate of drug-likeness (QED) is 0.317. The van der Waals surface area contributed by atoms with Gasteiger partial charge in [0.25, 0.3) is 11.8 Å². The van der Waals surface area contributed by atoms with Crippen molar-refractivity contribution >= 4 is 17.9 Å². The van der Waals surface area contributed by atoms with Crippen LogP contribution in [0.2, 0.25) is 0 Å². The number of fused-ring (bicyclic) bond motifs is 5. The maximum absolute atomic E-state index is 14.7. The number of pyridine rings is 1. The normalized spacial score (nSPS) is 21.3. The number of nitrogens with zero attached hydrogens (tertiary/aromatic N) is 4. The van der Waals surface area contributed by atoms with Crippen molar-refractivity contribution in [2.75, 3.05) is 4.90 Å². The van der Waals surface area contributed by atoms with Gasteiger partial charge in [-0.25, -0.2) is 14.6 Å². The molecule has 4 bridgehead atoms. The first-order valence-corrected chi connectivity index (χ1v) is 15.2. The average Bonchev–Trinajstić information content (AvgIpc) is 3.56. The van der Waals surface area contributed by atoms with E-state index in [4.69, 9.17) is 18.6 Å². The van der Waals surface area contributed by atoms with Crippen molar-refractivity contribution < 1.29 is 59.7 Å². The summed E-state index contributed by atoms with van der Waals surface area (Å²) in [5.41, 5.74) is -9.43. The standard InChI is InChI=1S/C30H38F6N4O7/c1-26(2,3)46-24(41)40(25(42)47-27(4,5)6)19-15-18(29(31,32)33)21-37-20(19)22-38-39-23(45-22)28(43,30(34,35)36)13-9-7-8-10-17(44-21)14-16-11-12-16/h15-17,43H,7-14H2,1-6H3/t17?,28-/m1/s1. The van der Waals surface area contributed by atoms with E-state index in [1.54, 1.807) is 0 Å². The highest BCUT2D eigenvalue weighted by molar-refractivity contribution is 6.11. The summed E-state index contributed by atoms with van der Waals surface area (Å²) in [7, 11) is 0. The average molecular weight is 681 g/mol. The van der Waals surface area contributed by atoms with Gasteiger partial charge in [0, 0.05) is 0 Å². The van der Waals surface area contributed by atoms with Crippen LogP contribution in [-0.2, 0) is 21.3 Å². The summed E-state index contributed by atoms with van der Waals surface area (Å²) in [6, 6.07) is 0.366. The SMILES string of the molecule is CC(C)(C)OC(=O)N(C(=O)OC(C)(C)C)c1cc(C(F)(F)F)c2nc1-c1nnc(o1)[C@@](O)(C(F)(F)F)CCCCCC(CC1CC1)O2. The van der Waals surface area contributed by atoms with Gasteiger partial charge in [0.15, 0.2) is 5.69 Å².